The Morgan fingerprint density at radius 2 is 1.59 bits per heavy atom. The molecule has 1 saturated heterocycles. The Kier molecular flexibility index (Phi) is 6.95. The van der Waals surface area contributed by atoms with Crippen LogP contribution in [0.15, 0.2) is 54.6 Å². The Bertz CT molecular complexity index is 838. The van der Waals surface area contributed by atoms with Crippen molar-refractivity contribution in [2.24, 2.45) is 0 Å². The number of rotatable bonds is 6. The van der Waals surface area contributed by atoms with Crippen LogP contribution in [0.4, 0.5) is 0 Å². The van der Waals surface area contributed by atoms with Gasteiger partial charge in [0, 0.05) is 6.42 Å². The Morgan fingerprint density at radius 1 is 0.966 bits per heavy atom. The van der Waals surface area contributed by atoms with Crippen molar-refractivity contribution >= 4 is 11.9 Å². The summed E-state index contributed by atoms with van der Waals surface area (Å²) in [6.45, 7) is -0.494. The highest BCUT2D eigenvalue weighted by Crippen LogP contribution is 2.23. The Morgan fingerprint density at radius 3 is 2.24 bits per heavy atom. The zero-order valence-electron chi connectivity index (χ0n) is 15.5. The van der Waals surface area contributed by atoms with E-state index in [1.807, 2.05) is 30.3 Å². The molecule has 0 saturated carbocycles. The van der Waals surface area contributed by atoms with Gasteiger partial charge in [0.15, 0.2) is 0 Å². The van der Waals surface area contributed by atoms with Crippen LogP contribution in [-0.4, -0.2) is 58.5 Å². The van der Waals surface area contributed by atoms with E-state index in [1.165, 1.54) is 12.1 Å². The van der Waals surface area contributed by atoms with E-state index in [1.54, 1.807) is 12.1 Å². The first-order valence-corrected chi connectivity index (χ1v) is 9.13. The van der Waals surface area contributed by atoms with E-state index in [0.717, 1.165) is 5.56 Å². The molecule has 8 nitrogen and oxygen atoms in total. The second-order valence-corrected chi connectivity index (χ2v) is 6.59. The van der Waals surface area contributed by atoms with Crippen molar-refractivity contribution in [3.63, 3.8) is 0 Å². The van der Waals surface area contributed by atoms with Gasteiger partial charge in [0.2, 0.25) is 6.29 Å². The van der Waals surface area contributed by atoms with Crippen molar-refractivity contribution in [2.75, 3.05) is 6.61 Å². The smallest absolute Gasteiger partial charge is 0.341 e. The zero-order chi connectivity index (χ0) is 20.8. The fourth-order valence-corrected chi connectivity index (χ4v) is 2.97. The number of aliphatic hydroxyl groups excluding tert-OH is 3. The maximum atomic E-state index is 12.6. The molecule has 0 aromatic heterocycles. The quantitative estimate of drug-likeness (QED) is 0.613. The van der Waals surface area contributed by atoms with Crippen LogP contribution in [0.25, 0.3) is 0 Å². The average molecular weight is 402 g/mol. The molecule has 1 aliphatic rings. The predicted octanol–water partition coefficient (Wildman–Crippen LogP) is 1.03. The van der Waals surface area contributed by atoms with Crippen molar-refractivity contribution in [1.82, 2.24) is 0 Å². The van der Waals surface area contributed by atoms with Gasteiger partial charge in [-0.2, -0.15) is 0 Å². The molecular formula is C21H22O8. The molecule has 0 bridgehead atoms. The van der Waals surface area contributed by atoms with Gasteiger partial charge < -0.3 is 29.5 Å². The highest BCUT2D eigenvalue weighted by atomic mass is 16.7. The SMILES string of the molecule is O=C(OCc1ccccc1)c1ccccc1C(=O)OC1C[C@@H](O)[C@H](O)[C@@H](CO)O1. The molecule has 154 valence electrons. The standard InChI is InChI=1S/C21H22O8/c22-11-17-19(24)16(23)10-18(28-17)29-21(26)15-9-5-4-8-14(15)20(25)27-12-13-6-2-1-3-7-13/h1-9,16-19,22-24H,10-12H2/t16-,17-,18?,19+/m1/s1. The maximum Gasteiger partial charge on any atom is 0.341 e. The van der Waals surface area contributed by atoms with Gasteiger partial charge in [-0.05, 0) is 17.7 Å². The van der Waals surface area contributed by atoms with Gasteiger partial charge in [-0.3, -0.25) is 0 Å². The van der Waals surface area contributed by atoms with Crippen LogP contribution in [-0.2, 0) is 20.8 Å². The number of benzene rings is 2. The molecule has 1 aliphatic heterocycles. The molecule has 1 heterocycles. The molecule has 3 N–H and O–H groups in total. The lowest BCUT2D eigenvalue weighted by Gasteiger charge is -2.35. The molecule has 0 spiro atoms. The number of ether oxygens (including phenoxy) is 3. The van der Waals surface area contributed by atoms with Gasteiger partial charge in [0.1, 0.15) is 18.8 Å². The zero-order valence-corrected chi connectivity index (χ0v) is 15.5. The van der Waals surface area contributed by atoms with Crippen molar-refractivity contribution in [3.8, 4) is 0 Å². The molecule has 0 aliphatic carbocycles. The van der Waals surface area contributed by atoms with Crippen molar-refractivity contribution in [1.29, 1.82) is 0 Å². The summed E-state index contributed by atoms with van der Waals surface area (Å²) in [6.07, 6.45) is -4.92. The summed E-state index contributed by atoms with van der Waals surface area (Å²) in [5.41, 5.74) is 0.818. The lowest BCUT2D eigenvalue weighted by atomic mass is 10.0. The average Bonchev–Trinajstić information content (AvgIpc) is 2.75. The molecule has 8 heteroatoms. The Balaban J connectivity index is 1.67. The summed E-state index contributed by atoms with van der Waals surface area (Å²) in [4.78, 5) is 25.0. The fraction of sp³-hybridized carbons (Fsp3) is 0.333. The first kappa shape index (κ1) is 20.9. The topological polar surface area (TPSA) is 123 Å². The van der Waals surface area contributed by atoms with Gasteiger partial charge in [-0.15, -0.1) is 0 Å². The van der Waals surface area contributed by atoms with Crippen LogP contribution in [0.3, 0.4) is 0 Å². The van der Waals surface area contributed by atoms with Crippen LogP contribution in [0.5, 0.6) is 0 Å². The van der Waals surface area contributed by atoms with Crippen LogP contribution >= 0.6 is 0 Å². The lowest BCUT2D eigenvalue weighted by molar-refractivity contribution is -0.239. The molecule has 0 amide bonds. The van der Waals surface area contributed by atoms with E-state index in [2.05, 4.69) is 0 Å². The maximum absolute atomic E-state index is 12.6. The Labute approximate surface area is 167 Å². The van der Waals surface area contributed by atoms with Crippen molar-refractivity contribution < 1.29 is 39.1 Å². The summed E-state index contributed by atoms with van der Waals surface area (Å²) in [6, 6.07) is 15.1. The summed E-state index contributed by atoms with van der Waals surface area (Å²) in [5, 5.41) is 28.8. The minimum Gasteiger partial charge on any atom is -0.457 e. The molecule has 1 fully saturated rings. The fourth-order valence-electron chi connectivity index (χ4n) is 2.97. The number of hydrogen-bond donors (Lipinski definition) is 3. The van der Waals surface area contributed by atoms with E-state index in [4.69, 9.17) is 14.2 Å². The van der Waals surface area contributed by atoms with Crippen LogP contribution in [0, 0.1) is 0 Å². The molecule has 0 radical (unpaired) electrons. The van der Waals surface area contributed by atoms with Gasteiger partial charge in [0.25, 0.3) is 0 Å². The third-order valence-corrected chi connectivity index (χ3v) is 4.53. The lowest BCUT2D eigenvalue weighted by Crippen LogP contribution is -2.50. The molecule has 2 aromatic carbocycles. The number of aliphatic hydroxyl groups is 3. The first-order valence-electron chi connectivity index (χ1n) is 9.13. The predicted molar refractivity (Wildman–Crippen MR) is 99.8 cm³/mol. The summed E-state index contributed by atoms with van der Waals surface area (Å²) in [5.74, 6) is -1.53. The number of carbonyl (C=O) groups is 2. The number of hydrogen-bond acceptors (Lipinski definition) is 8. The van der Waals surface area contributed by atoms with Gasteiger partial charge in [-0.1, -0.05) is 42.5 Å². The molecule has 3 rings (SSSR count). The van der Waals surface area contributed by atoms with Crippen LogP contribution in [0.2, 0.25) is 0 Å². The van der Waals surface area contributed by atoms with E-state index < -0.39 is 43.1 Å². The molecule has 1 unspecified atom stereocenters. The third-order valence-electron chi connectivity index (χ3n) is 4.53. The van der Waals surface area contributed by atoms with E-state index in [-0.39, 0.29) is 24.2 Å². The normalized spacial score (nSPS) is 24.0. The second-order valence-electron chi connectivity index (χ2n) is 6.59. The second kappa shape index (κ2) is 9.62. The summed E-state index contributed by atoms with van der Waals surface area (Å²) < 4.78 is 15.8. The van der Waals surface area contributed by atoms with Crippen molar-refractivity contribution in [3.05, 3.63) is 71.3 Å². The number of esters is 2. The highest BCUT2D eigenvalue weighted by Gasteiger charge is 2.38. The summed E-state index contributed by atoms with van der Waals surface area (Å²) >= 11 is 0. The van der Waals surface area contributed by atoms with Gasteiger partial charge >= 0.3 is 11.9 Å². The van der Waals surface area contributed by atoms with Crippen LogP contribution < -0.4 is 0 Å². The minimum absolute atomic E-state index is 0.0182. The Hall–Kier alpha value is -2.78. The van der Waals surface area contributed by atoms with E-state index >= 15 is 0 Å². The van der Waals surface area contributed by atoms with E-state index in [0.29, 0.717) is 0 Å². The molecular weight excluding hydrogens is 380 g/mol. The largest absolute Gasteiger partial charge is 0.457 e. The summed E-state index contributed by atoms with van der Waals surface area (Å²) in [7, 11) is 0. The molecule has 4 atom stereocenters. The minimum atomic E-state index is -1.28. The van der Waals surface area contributed by atoms with Crippen LogP contribution in [0.1, 0.15) is 32.7 Å². The van der Waals surface area contributed by atoms with Gasteiger partial charge in [-0.25, -0.2) is 9.59 Å². The first-order chi connectivity index (χ1) is 14.0. The van der Waals surface area contributed by atoms with Crippen molar-refractivity contribution in [2.45, 2.75) is 37.6 Å². The monoisotopic (exact) mass is 402 g/mol. The number of carbonyl (C=O) groups excluding carboxylic acids is 2. The molecule has 2 aromatic rings. The molecule has 29 heavy (non-hydrogen) atoms. The highest BCUT2D eigenvalue weighted by molar-refractivity contribution is 6.03. The third kappa shape index (κ3) is 5.18. The van der Waals surface area contributed by atoms with Gasteiger partial charge in [0.05, 0.1) is 23.8 Å². The van der Waals surface area contributed by atoms with E-state index in [9.17, 15) is 24.9 Å².